The third-order valence-electron chi connectivity index (χ3n) is 5.65. The van der Waals surface area contributed by atoms with Gasteiger partial charge in [-0.1, -0.05) is 0 Å². The van der Waals surface area contributed by atoms with Crippen LogP contribution in [0.1, 0.15) is 13.8 Å². The summed E-state index contributed by atoms with van der Waals surface area (Å²) in [6.45, 7) is 27.5. The number of rotatable bonds is 1. The van der Waals surface area contributed by atoms with E-state index in [1.54, 1.807) is 0 Å². The molecule has 0 N–H and O–H groups in total. The second kappa shape index (κ2) is 6.79. The Balaban J connectivity index is 3.49. The van der Waals surface area contributed by atoms with Crippen LogP contribution >= 0.6 is 35.7 Å². The quantitative estimate of drug-likeness (QED) is 0.331. The van der Waals surface area contributed by atoms with Crippen LogP contribution in [0.3, 0.4) is 0 Å². The van der Waals surface area contributed by atoms with E-state index >= 15 is 0 Å². The van der Waals surface area contributed by atoms with E-state index < -0.39 is 20.5 Å². The SMILES string of the molecule is CC(C)C1C[P+](C)(C)P(C)C#C[P+](C)(C)CP(C)P1(C)(C)C. The molecule has 0 aromatic heterocycles. The normalized spacial score (nSPS) is 38.2. The molecule has 3 unspecified atom stereocenters. The Bertz CT molecular complexity index is 473. The molecule has 0 spiro atoms. The van der Waals surface area contributed by atoms with Crippen molar-refractivity contribution in [2.24, 2.45) is 5.92 Å². The maximum atomic E-state index is 3.82. The summed E-state index contributed by atoms with van der Waals surface area (Å²) in [4.78, 5) is 0. The summed E-state index contributed by atoms with van der Waals surface area (Å²) in [6.07, 6.45) is -0.176. The summed E-state index contributed by atoms with van der Waals surface area (Å²) in [6, 6.07) is 0. The molecule has 0 saturated carbocycles. The Morgan fingerprint density at radius 1 is 1.05 bits per heavy atom. The molecule has 0 saturated heterocycles. The van der Waals surface area contributed by atoms with Gasteiger partial charge in [-0.3, -0.25) is 0 Å². The molecule has 3 atom stereocenters. The van der Waals surface area contributed by atoms with Crippen LogP contribution in [0.5, 0.6) is 0 Å². The molecule has 0 fully saturated rings. The molecule has 5 heteroatoms. The molecule has 1 heterocycles. The maximum absolute atomic E-state index is 3.82. The molecular weight excluding hydrogens is 359 g/mol. The minimum atomic E-state index is -1.66. The molecule has 0 nitrogen and oxygen atoms in total. The van der Waals surface area contributed by atoms with Gasteiger partial charge >= 0.3 is 145 Å². The Morgan fingerprint density at radius 3 is 2.00 bits per heavy atom. The van der Waals surface area contributed by atoms with Gasteiger partial charge in [0.2, 0.25) is 0 Å². The van der Waals surface area contributed by atoms with E-state index in [1.165, 1.54) is 12.1 Å². The van der Waals surface area contributed by atoms with Crippen LogP contribution in [0.25, 0.3) is 0 Å². The molecule has 0 aromatic rings. The molecule has 0 aliphatic carbocycles. The van der Waals surface area contributed by atoms with Crippen LogP contribution in [0, 0.1) is 17.2 Å². The fraction of sp³-hybridized carbons (Fsp3) is 0.882. The zero-order chi connectivity index (χ0) is 17.6. The van der Waals surface area contributed by atoms with Gasteiger partial charge in [-0.05, 0) is 0 Å². The third-order valence-corrected chi connectivity index (χ3v) is 35.2. The average molecular weight is 398 g/mol. The molecule has 130 valence electrons. The van der Waals surface area contributed by atoms with E-state index in [2.05, 4.69) is 85.2 Å². The minimum absolute atomic E-state index is 0.0895. The fourth-order valence-electron chi connectivity index (χ4n) is 3.47. The van der Waals surface area contributed by atoms with E-state index in [0.717, 1.165) is 11.6 Å². The van der Waals surface area contributed by atoms with Crippen LogP contribution in [-0.4, -0.2) is 77.7 Å². The van der Waals surface area contributed by atoms with Gasteiger partial charge in [-0.15, -0.1) is 0 Å². The van der Waals surface area contributed by atoms with Gasteiger partial charge in [0, 0.05) is 0 Å². The van der Waals surface area contributed by atoms with Gasteiger partial charge in [-0.2, -0.15) is 0 Å². The van der Waals surface area contributed by atoms with Crippen LogP contribution in [0.4, 0.5) is 0 Å². The molecule has 1 aliphatic heterocycles. The van der Waals surface area contributed by atoms with Crippen molar-refractivity contribution in [1.82, 2.24) is 0 Å². The molecule has 0 amide bonds. The predicted octanol–water partition coefficient (Wildman–Crippen LogP) is 6.95. The van der Waals surface area contributed by atoms with Crippen LogP contribution in [0.15, 0.2) is 0 Å². The van der Waals surface area contributed by atoms with E-state index in [-0.39, 0.29) is 15.2 Å². The van der Waals surface area contributed by atoms with Crippen molar-refractivity contribution < 1.29 is 0 Å². The average Bonchev–Trinajstić information content (AvgIpc) is 2.30. The van der Waals surface area contributed by atoms with Crippen molar-refractivity contribution in [2.75, 3.05) is 72.0 Å². The van der Waals surface area contributed by atoms with Crippen LogP contribution < -0.4 is 0 Å². The summed E-state index contributed by atoms with van der Waals surface area (Å²) in [7, 11) is -1.04. The van der Waals surface area contributed by atoms with E-state index in [4.69, 9.17) is 0 Å². The van der Waals surface area contributed by atoms with Gasteiger partial charge in [0.15, 0.2) is 0 Å². The molecular formula is C17H39P5+2. The molecule has 1 aliphatic rings. The van der Waals surface area contributed by atoms with Crippen molar-refractivity contribution in [3.8, 4) is 11.3 Å². The van der Waals surface area contributed by atoms with Crippen LogP contribution in [-0.2, 0) is 0 Å². The van der Waals surface area contributed by atoms with Gasteiger partial charge in [-0.25, -0.2) is 0 Å². The van der Waals surface area contributed by atoms with E-state index in [9.17, 15) is 0 Å². The van der Waals surface area contributed by atoms with Gasteiger partial charge in [0.05, 0.1) is 0 Å². The second-order valence-electron chi connectivity index (χ2n) is 9.68. The first-order valence-corrected chi connectivity index (χ1v) is 22.8. The second-order valence-corrected chi connectivity index (χ2v) is 38.3. The first-order chi connectivity index (χ1) is 9.57. The number of hydrogen-bond donors (Lipinski definition) is 0. The monoisotopic (exact) mass is 398 g/mol. The van der Waals surface area contributed by atoms with Gasteiger partial charge in [0.1, 0.15) is 0 Å². The van der Waals surface area contributed by atoms with E-state index in [1.807, 2.05) is 0 Å². The standard InChI is InChI=1S/C17H39P5/c1-16(2)17-14-21(7,8)18(3)12-13-20(5,6)15-19(4)22(17,9,10)11/h16-17H,14-15H2,1-11H3/q+2. The van der Waals surface area contributed by atoms with Crippen molar-refractivity contribution >= 4 is 35.7 Å². The fourth-order valence-corrected chi connectivity index (χ4v) is 32.0. The van der Waals surface area contributed by atoms with Gasteiger partial charge in [0.25, 0.3) is 0 Å². The topological polar surface area (TPSA) is 0 Å². The Morgan fingerprint density at radius 2 is 1.55 bits per heavy atom. The van der Waals surface area contributed by atoms with Crippen molar-refractivity contribution in [3.63, 3.8) is 0 Å². The third kappa shape index (κ3) is 4.87. The van der Waals surface area contributed by atoms with Crippen molar-refractivity contribution in [3.05, 3.63) is 0 Å². The number of hydrogen-bond acceptors (Lipinski definition) is 0. The molecule has 1 rings (SSSR count). The van der Waals surface area contributed by atoms with Crippen molar-refractivity contribution in [1.29, 1.82) is 0 Å². The summed E-state index contributed by atoms with van der Waals surface area (Å²) in [5, 5.41) is 0. The Kier molecular flexibility index (Phi) is 6.71. The zero-order valence-electron chi connectivity index (χ0n) is 16.8. The van der Waals surface area contributed by atoms with Crippen molar-refractivity contribution in [2.45, 2.75) is 19.5 Å². The Labute approximate surface area is 144 Å². The van der Waals surface area contributed by atoms with Crippen LogP contribution in [0.2, 0.25) is 0 Å². The predicted molar refractivity (Wildman–Crippen MR) is 124 cm³/mol. The first-order valence-electron chi connectivity index (χ1n) is 8.23. The first kappa shape index (κ1) is 21.8. The summed E-state index contributed by atoms with van der Waals surface area (Å²) >= 11 is 0. The van der Waals surface area contributed by atoms with Gasteiger partial charge < -0.3 is 0 Å². The summed E-state index contributed by atoms with van der Waals surface area (Å²) in [5.41, 5.74) is 8.55. The molecule has 0 aromatic carbocycles. The molecule has 22 heavy (non-hydrogen) atoms. The summed E-state index contributed by atoms with van der Waals surface area (Å²) in [5.74, 6) is 2.25. The zero-order valence-corrected chi connectivity index (χ0v) is 21.3. The van der Waals surface area contributed by atoms with E-state index in [0.29, 0.717) is 0 Å². The summed E-state index contributed by atoms with van der Waals surface area (Å²) < 4.78 is 0. The molecule has 0 bridgehead atoms. The molecule has 0 radical (unpaired) electrons. The Hall–Kier alpha value is 1.71.